The molecule has 1 amide bonds. The minimum Gasteiger partial charge on any atom is -0.339 e. The fourth-order valence-corrected chi connectivity index (χ4v) is 4.10. The van der Waals surface area contributed by atoms with Crippen LogP contribution in [0.5, 0.6) is 0 Å². The van der Waals surface area contributed by atoms with E-state index in [1.54, 1.807) is 10.9 Å². The Morgan fingerprint density at radius 2 is 1.89 bits per heavy atom. The van der Waals surface area contributed by atoms with Gasteiger partial charge in [0.1, 0.15) is 11.6 Å². The third-order valence-electron chi connectivity index (χ3n) is 5.65. The van der Waals surface area contributed by atoms with E-state index in [4.69, 9.17) is 0 Å². The van der Waals surface area contributed by atoms with E-state index in [0.717, 1.165) is 62.9 Å². The number of likely N-dealkylation sites (tertiary alicyclic amines) is 1. The monoisotopic (exact) mass is 377 g/mol. The van der Waals surface area contributed by atoms with Crippen LogP contribution in [0.2, 0.25) is 0 Å². The zero-order valence-corrected chi connectivity index (χ0v) is 15.7. The molecule has 28 heavy (non-hydrogen) atoms. The van der Waals surface area contributed by atoms with E-state index in [1.807, 2.05) is 41.4 Å². The summed E-state index contributed by atoms with van der Waals surface area (Å²) < 4.78 is 4.00. The lowest BCUT2D eigenvalue weighted by Crippen LogP contribution is -2.38. The minimum atomic E-state index is 0.0492. The molecule has 0 bridgehead atoms. The molecular weight excluding hydrogens is 354 g/mol. The van der Waals surface area contributed by atoms with Crippen LogP contribution in [-0.4, -0.2) is 55.0 Å². The van der Waals surface area contributed by atoms with E-state index in [1.165, 1.54) is 0 Å². The molecule has 1 fully saturated rings. The van der Waals surface area contributed by atoms with E-state index in [9.17, 15) is 4.79 Å². The fourth-order valence-electron chi connectivity index (χ4n) is 4.10. The summed E-state index contributed by atoms with van der Waals surface area (Å²) in [6, 6.07) is 9.83. The molecule has 144 valence electrons. The van der Waals surface area contributed by atoms with Crippen LogP contribution in [0.15, 0.2) is 42.7 Å². The zero-order valence-electron chi connectivity index (χ0n) is 15.7. The van der Waals surface area contributed by atoms with Crippen LogP contribution in [0.3, 0.4) is 0 Å². The Hall–Kier alpha value is -3.00. The maximum Gasteiger partial charge on any atom is 0.257 e. The van der Waals surface area contributed by atoms with E-state index < -0.39 is 0 Å². The second kappa shape index (κ2) is 7.20. The minimum absolute atomic E-state index is 0.0492. The highest BCUT2D eigenvalue weighted by Crippen LogP contribution is 2.28. The second-order valence-corrected chi connectivity index (χ2v) is 7.38. The normalized spacial score (nSPS) is 17.5. The average Bonchev–Trinajstić information content (AvgIpc) is 3.42. The number of carbonyl (C=O) groups excluding carboxylic acids is 1. The van der Waals surface area contributed by atoms with Gasteiger partial charge in [0.15, 0.2) is 0 Å². The number of nitrogens with zero attached hydrogens (tertiary/aromatic N) is 6. The quantitative estimate of drug-likeness (QED) is 0.750. The molecule has 2 aromatic heterocycles. The Kier molecular flexibility index (Phi) is 4.40. The van der Waals surface area contributed by atoms with Gasteiger partial charge in [0, 0.05) is 38.3 Å². The highest BCUT2D eigenvalue weighted by atomic mass is 16.2. The summed E-state index contributed by atoms with van der Waals surface area (Å²) in [6.45, 7) is 4.15. The first-order valence-electron chi connectivity index (χ1n) is 9.81. The molecule has 0 radical (unpaired) electrons. The number of carbonyl (C=O) groups is 1. The van der Waals surface area contributed by atoms with Gasteiger partial charge in [0.2, 0.25) is 0 Å². The number of benzene rings is 1. The highest BCUT2D eigenvalue weighted by molar-refractivity contribution is 5.93. The third-order valence-corrected chi connectivity index (χ3v) is 5.65. The van der Waals surface area contributed by atoms with Crippen molar-refractivity contribution in [3.8, 4) is 5.69 Å². The molecule has 5 rings (SSSR count). The summed E-state index contributed by atoms with van der Waals surface area (Å²) in [7, 11) is 0. The third kappa shape index (κ3) is 3.09. The van der Waals surface area contributed by atoms with Crippen LogP contribution in [0, 0.1) is 0 Å². The molecule has 0 atom stereocenters. The number of rotatable bonds is 3. The molecule has 1 aromatic carbocycles. The number of hydrogen-bond acceptors (Lipinski definition) is 5. The number of piperidine rings is 1. The first kappa shape index (κ1) is 17.1. The lowest BCUT2D eigenvalue weighted by atomic mass is 9.95. The first-order chi connectivity index (χ1) is 13.8. The van der Waals surface area contributed by atoms with Crippen LogP contribution >= 0.6 is 0 Å². The van der Waals surface area contributed by atoms with Crippen molar-refractivity contribution in [2.24, 2.45) is 0 Å². The van der Waals surface area contributed by atoms with Gasteiger partial charge < -0.3 is 14.8 Å². The molecule has 0 unspecified atom stereocenters. The van der Waals surface area contributed by atoms with E-state index >= 15 is 0 Å². The van der Waals surface area contributed by atoms with Crippen LogP contribution in [0.4, 0.5) is 0 Å². The Morgan fingerprint density at radius 3 is 2.71 bits per heavy atom. The molecular formula is C20H23N7O. The molecule has 8 heteroatoms. The smallest absolute Gasteiger partial charge is 0.257 e. The Bertz CT molecular complexity index is 970. The average molecular weight is 377 g/mol. The van der Waals surface area contributed by atoms with Crippen molar-refractivity contribution < 1.29 is 4.79 Å². The second-order valence-electron chi connectivity index (χ2n) is 7.38. The standard InChI is InChI=1S/C20H23N7O/c28-20(16-12-22-27(14-16)17-4-2-1-3-5-17)25-9-6-15(7-10-25)19-24-23-18-13-21-8-11-26(18)19/h1-5,12,14-15,21H,6-11,13H2. The lowest BCUT2D eigenvalue weighted by Gasteiger charge is -2.31. The van der Waals surface area contributed by atoms with Crippen LogP contribution in [-0.2, 0) is 13.1 Å². The summed E-state index contributed by atoms with van der Waals surface area (Å²) >= 11 is 0. The number of nitrogens with one attached hydrogen (secondary N) is 1. The number of para-hydroxylation sites is 1. The van der Waals surface area contributed by atoms with Gasteiger partial charge in [-0.25, -0.2) is 4.68 Å². The van der Waals surface area contributed by atoms with Crippen molar-refractivity contribution in [2.75, 3.05) is 19.6 Å². The van der Waals surface area contributed by atoms with Crippen molar-refractivity contribution in [2.45, 2.75) is 31.8 Å². The predicted molar refractivity (Wildman–Crippen MR) is 103 cm³/mol. The van der Waals surface area contributed by atoms with Gasteiger partial charge in [-0.15, -0.1) is 10.2 Å². The zero-order chi connectivity index (χ0) is 18.9. The predicted octanol–water partition coefficient (Wildman–Crippen LogP) is 1.59. The molecule has 8 nitrogen and oxygen atoms in total. The molecule has 4 heterocycles. The van der Waals surface area contributed by atoms with Gasteiger partial charge in [0.25, 0.3) is 5.91 Å². The van der Waals surface area contributed by atoms with Gasteiger partial charge in [0.05, 0.1) is 24.0 Å². The molecule has 2 aliphatic heterocycles. The SMILES string of the molecule is O=C(c1cnn(-c2ccccc2)c1)N1CCC(c2nnc3n2CCNC3)CC1. The summed E-state index contributed by atoms with van der Waals surface area (Å²) in [4.78, 5) is 14.8. The Labute approximate surface area is 163 Å². The molecule has 2 aliphatic rings. The van der Waals surface area contributed by atoms with Crippen LogP contribution in [0.1, 0.15) is 40.8 Å². The summed E-state index contributed by atoms with van der Waals surface area (Å²) in [5.74, 6) is 2.53. The van der Waals surface area contributed by atoms with E-state index in [2.05, 4.69) is 25.2 Å². The van der Waals surface area contributed by atoms with Crippen LogP contribution in [0.25, 0.3) is 5.69 Å². The Morgan fingerprint density at radius 1 is 1.07 bits per heavy atom. The summed E-state index contributed by atoms with van der Waals surface area (Å²) in [5.41, 5.74) is 1.58. The van der Waals surface area contributed by atoms with Gasteiger partial charge in [-0.3, -0.25) is 4.79 Å². The number of amides is 1. The van der Waals surface area contributed by atoms with Crippen molar-refractivity contribution in [3.63, 3.8) is 0 Å². The topological polar surface area (TPSA) is 80.9 Å². The van der Waals surface area contributed by atoms with Crippen molar-refractivity contribution in [1.29, 1.82) is 0 Å². The van der Waals surface area contributed by atoms with E-state index in [-0.39, 0.29) is 5.91 Å². The van der Waals surface area contributed by atoms with Crippen molar-refractivity contribution in [3.05, 3.63) is 59.9 Å². The molecule has 0 aliphatic carbocycles. The van der Waals surface area contributed by atoms with Crippen molar-refractivity contribution in [1.82, 2.24) is 34.8 Å². The first-order valence-corrected chi connectivity index (χ1v) is 9.81. The number of aromatic nitrogens is 5. The number of fused-ring (bicyclic) bond motifs is 1. The highest BCUT2D eigenvalue weighted by Gasteiger charge is 2.29. The van der Waals surface area contributed by atoms with Gasteiger partial charge >= 0.3 is 0 Å². The lowest BCUT2D eigenvalue weighted by molar-refractivity contribution is 0.0710. The molecule has 0 spiro atoms. The van der Waals surface area contributed by atoms with Gasteiger partial charge in [-0.1, -0.05) is 18.2 Å². The number of hydrogen-bond donors (Lipinski definition) is 1. The maximum absolute atomic E-state index is 12.9. The molecule has 1 saturated heterocycles. The molecule has 1 N–H and O–H groups in total. The fraction of sp³-hybridized carbons (Fsp3) is 0.400. The summed E-state index contributed by atoms with van der Waals surface area (Å²) in [5, 5.41) is 16.4. The summed E-state index contributed by atoms with van der Waals surface area (Å²) in [6.07, 6.45) is 5.31. The van der Waals surface area contributed by atoms with E-state index in [0.29, 0.717) is 11.5 Å². The van der Waals surface area contributed by atoms with Crippen molar-refractivity contribution >= 4 is 5.91 Å². The molecule has 0 saturated carbocycles. The largest absolute Gasteiger partial charge is 0.339 e. The van der Waals surface area contributed by atoms with Crippen LogP contribution < -0.4 is 5.32 Å². The Balaban J connectivity index is 1.25. The molecule has 3 aromatic rings. The maximum atomic E-state index is 12.9. The van der Waals surface area contributed by atoms with Gasteiger partial charge in [-0.05, 0) is 25.0 Å². The van der Waals surface area contributed by atoms with Gasteiger partial charge in [-0.2, -0.15) is 5.10 Å².